The van der Waals surface area contributed by atoms with Gasteiger partial charge in [-0.25, -0.2) is 8.78 Å². The molecule has 0 saturated heterocycles. The van der Waals surface area contributed by atoms with Gasteiger partial charge in [-0.1, -0.05) is 6.07 Å². The molecule has 2 aromatic heterocycles. The predicted octanol–water partition coefficient (Wildman–Crippen LogP) is 7.18. The Hall–Kier alpha value is -3.17. The third-order valence-electron chi connectivity index (χ3n) is 10.9. The van der Waals surface area contributed by atoms with Crippen LogP contribution in [0.1, 0.15) is 113 Å². The van der Waals surface area contributed by atoms with Crippen LogP contribution in [0.2, 0.25) is 0 Å². The Kier molecular flexibility index (Phi) is 6.26. The van der Waals surface area contributed by atoms with E-state index in [1.807, 2.05) is 29.2 Å². The number of nitrogens with zero attached hydrogens (tertiary/aromatic N) is 5. The molecule has 42 heavy (non-hydrogen) atoms. The van der Waals surface area contributed by atoms with Crippen LogP contribution in [0.3, 0.4) is 0 Å². The lowest BCUT2D eigenvalue weighted by Crippen LogP contribution is -2.51. The fourth-order valence-electron chi connectivity index (χ4n) is 7.59. The van der Waals surface area contributed by atoms with E-state index in [0.717, 1.165) is 87.2 Å². The molecule has 1 amide bonds. The summed E-state index contributed by atoms with van der Waals surface area (Å²) in [5.41, 5.74) is 1.54. The molecule has 3 aromatic rings. The number of hydrogen-bond donors (Lipinski definition) is 0. The average molecular weight is 578 g/mol. The minimum Gasteiger partial charge on any atom is -0.424 e. The fourth-order valence-corrected chi connectivity index (χ4v) is 7.59. The standard InChI is InChI=1S/C32H37F2N5O3/c33-26(34)23-14-19(15-23)16-25(40)39(24-3-1-2-22(17-24)29-36-35-27(41-29)20-4-5-20)18-31-8-11-32(12-9-31,13-10-31)30-38-37-28(42-30)21-6-7-21/h1-3,17,19-21,23,26H,4-16,18H2. The first kappa shape index (κ1) is 26.5. The van der Waals surface area contributed by atoms with Crippen LogP contribution < -0.4 is 4.90 Å². The molecule has 10 heteroatoms. The summed E-state index contributed by atoms with van der Waals surface area (Å²) in [5.74, 6) is 3.01. The van der Waals surface area contributed by atoms with E-state index in [9.17, 15) is 13.6 Å². The number of fused-ring (bicyclic) bond motifs is 3. The van der Waals surface area contributed by atoms with Gasteiger partial charge < -0.3 is 13.7 Å². The van der Waals surface area contributed by atoms with Crippen LogP contribution in [0.5, 0.6) is 0 Å². The van der Waals surface area contributed by atoms with Crippen LogP contribution in [0.15, 0.2) is 33.1 Å². The van der Waals surface area contributed by atoms with Crippen molar-refractivity contribution in [3.63, 3.8) is 0 Å². The molecular weight excluding hydrogens is 540 g/mol. The van der Waals surface area contributed by atoms with Gasteiger partial charge in [-0.2, -0.15) is 0 Å². The Balaban J connectivity index is 1.03. The minimum absolute atomic E-state index is 0.00150. The van der Waals surface area contributed by atoms with Gasteiger partial charge in [-0.15, -0.1) is 20.4 Å². The number of anilines is 1. The van der Waals surface area contributed by atoms with Gasteiger partial charge in [0.25, 0.3) is 0 Å². The second kappa shape index (κ2) is 9.95. The molecule has 0 unspecified atom stereocenters. The lowest BCUT2D eigenvalue weighted by molar-refractivity contribution is -0.122. The highest BCUT2D eigenvalue weighted by molar-refractivity contribution is 5.94. The monoisotopic (exact) mass is 577 g/mol. The topological polar surface area (TPSA) is 98.2 Å². The molecule has 0 radical (unpaired) electrons. The fraction of sp³-hybridized carbons (Fsp3) is 0.656. The molecule has 1 aromatic carbocycles. The van der Waals surface area contributed by atoms with Gasteiger partial charge in [0.1, 0.15) is 0 Å². The Bertz CT molecular complexity index is 1450. The number of aromatic nitrogens is 4. The summed E-state index contributed by atoms with van der Waals surface area (Å²) in [5, 5.41) is 17.4. The summed E-state index contributed by atoms with van der Waals surface area (Å²) in [7, 11) is 0. The second-order valence-corrected chi connectivity index (χ2v) is 13.9. The van der Waals surface area contributed by atoms with Crippen LogP contribution in [0.25, 0.3) is 11.5 Å². The SMILES string of the molecule is O=C(CC1CC(C(F)F)C1)N(CC12CCC(c3nnc(C4CC4)o3)(CC1)CC2)c1cccc(-c2nnc(C3CC3)o2)c1. The third-order valence-corrected chi connectivity index (χ3v) is 10.9. The number of rotatable bonds is 10. The summed E-state index contributed by atoms with van der Waals surface area (Å²) in [6.45, 7) is 0.616. The summed E-state index contributed by atoms with van der Waals surface area (Å²) in [4.78, 5) is 15.9. The maximum atomic E-state index is 13.9. The van der Waals surface area contributed by atoms with Gasteiger partial charge in [0.05, 0.1) is 0 Å². The molecule has 6 aliphatic rings. The van der Waals surface area contributed by atoms with Gasteiger partial charge in [0, 0.05) is 47.4 Å². The number of alkyl halides is 2. The van der Waals surface area contributed by atoms with E-state index in [1.165, 1.54) is 0 Å². The van der Waals surface area contributed by atoms with Crippen molar-refractivity contribution >= 4 is 11.6 Å². The second-order valence-electron chi connectivity index (χ2n) is 13.9. The van der Waals surface area contributed by atoms with Crippen molar-refractivity contribution in [2.75, 3.05) is 11.4 Å². The third kappa shape index (κ3) is 4.84. The van der Waals surface area contributed by atoms with Crippen molar-refractivity contribution in [2.45, 2.75) is 107 Å². The molecule has 0 spiro atoms. The summed E-state index contributed by atoms with van der Waals surface area (Å²) in [6, 6.07) is 7.80. The van der Waals surface area contributed by atoms with Crippen molar-refractivity contribution in [1.82, 2.24) is 20.4 Å². The molecule has 0 N–H and O–H groups in total. The normalized spacial score (nSPS) is 30.5. The largest absolute Gasteiger partial charge is 0.424 e. The van der Waals surface area contributed by atoms with Crippen molar-refractivity contribution in [1.29, 1.82) is 0 Å². The first-order valence-corrected chi connectivity index (χ1v) is 15.7. The highest BCUT2D eigenvalue weighted by Gasteiger charge is 2.53. The average Bonchev–Trinajstić information content (AvgIpc) is 3.92. The van der Waals surface area contributed by atoms with Gasteiger partial charge >= 0.3 is 0 Å². The lowest BCUT2D eigenvalue weighted by atomic mass is 9.53. The molecule has 8 nitrogen and oxygen atoms in total. The van der Waals surface area contributed by atoms with E-state index >= 15 is 0 Å². The predicted molar refractivity (Wildman–Crippen MR) is 149 cm³/mol. The van der Waals surface area contributed by atoms with Crippen LogP contribution in [-0.4, -0.2) is 39.3 Å². The summed E-state index contributed by atoms with van der Waals surface area (Å²) < 4.78 is 38.5. The maximum Gasteiger partial charge on any atom is 0.247 e. The summed E-state index contributed by atoms with van der Waals surface area (Å²) in [6.07, 6.45) is 9.17. The molecular formula is C32H37F2N5O3. The molecule has 6 aliphatic carbocycles. The van der Waals surface area contributed by atoms with E-state index in [-0.39, 0.29) is 22.7 Å². The number of amides is 1. The van der Waals surface area contributed by atoms with Crippen molar-refractivity contribution in [2.24, 2.45) is 17.3 Å². The molecule has 6 fully saturated rings. The molecule has 9 rings (SSSR count). The zero-order valence-corrected chi connectivity index (χ0v) is 23.8. The van der Waals surface area contributed by atoms with Gasteiger partial charge in [0.15, 0.2) is 0 Å². The van der Waals surface area contributed by atoms with Gasteiger partial charge in [-0.05, 0) is 107 Å². The van der Waals surface area contributed by atoms with Gasteiger partial charge in [-0.3, -0.25) is 4.79 Å². The molecule has 0 aliphatic heterocycles. The number of carbonyl (C=O) groups excluding carboxylic acids is 1. The number of carbonyl (C=O) groups is 1. The van der Waals surface area contributed by atoms with Crippen LogP contribution in [0.4, 0.5) is 14.5 Å². The van der Waals surface area contributed by atoms with Crippen molar-refractivity contribution < 1.29 is 22.4 Å². The Labute approximate surface area is 243 Å². The molecule has 2 bridgehead atoms. The minimum atomic E-state index is -2.30. The zero-order valence-electron chi connectivity index (χ0n) is 23.8. The lowest BCUT2D eigenvalue weighted by Gasteiger charge is -2.53. The van der Waals surface area contributed by atoms with Crippen LogP contribution >= 0.6 is 0 Å². The molecule has 2 heterocycles. The Morgan fingerprint density at radius 3 is 2.24 bits per heavy atom. The van der Waals surface area contributed by atoms with E-state index in [1.54, 1.807) is 0 Å². The van der Waals surface area contributed by atoms with Crippen molar-refractivity contribution in [3.8, 4) is 11.5 Å². The van der Waals surface area contributed by atoms with E-state index in [4.69, 9.17) is 8.83 Å². The number of benzene rings is 1. The Morgan fingerprint density at radius 1 is 0.905 bits per heavy atom. The van der Waals surface area contributed by atoms with Crippen LogP contribution in [-0.2, 0) is 10.2 Å². The first-order chi connectivity index (χ1) is 20.4. The highest BCUT2D eigenvalue weighted by Crippen LogP contribution is 2.58. The quantitative estimate of drug-likeness (QED) is 0.252. The smallest absolute Gasteiger partial charge is 0.247 e. The first-order valence-electron chi connectivity index (χ1n) is 15.7. The van der Waals surface area contributed by atoms with Crippen LogP contribution in [0, 0.1) is 17.3 Å². The highest BCUT2D eigenvalue weighted by atomic mass is 19.3. The van der Waals surface area contributed by atoms with E-state index in [2.05, 4.69) is 20.4 Å². The Morgan fingerprint density at radius 2 is 1.57 bits per heavy atom. The zero-order chi connectivity index (χ0) is 28.5. The molecule has 0 atom stereocenters. The van der Waals surface area contributed by atoms with E-state index in [0.29, 0.717) is 49.4 Å². The number of halogens is 2. The summed E-state index contributed by atoms with van der Waals surface area (Å²) >= 11 is 0. The van der Waals surface area contributed by atoms with Crippen molar-refractivity contribution in [3.05, 3.63) is 41.9 Å². The molecule has 6 saturated carbocycles. The number of hydrogen-bond acceptors (Lipinski definition) is 7. The molecule has 222 valence electrons. The maximum absolute atomic E-state index is 13.9. The van der Waals surface area contributed by atoms with Gasteiger partial charge in [0.2, 0.25) is 35.9 Å². The van der Waals surface area contributed by atoms with E-state index < -0.39 is 12.3 Å².